The Morgan fingerprint density at radius 2 is 1.97 bits per heavy atom. The van der Waals surface area contributed by atoms with E-state index in [9.17, 15) is 14.4 Å². The average Bonchev–Trinajstić information content (AvgIpc) is 3.41. The van der Waals surface area contributed by atoms with E-state index in [-0.39, 0.29) is 30.0 Å². The number of morpholine rings is 1. The number of carbonyl (C=O) groups excluding carboxylic acids is 1. The normalized spacial score (nSPS) is 20.1. The first-order chi connectivity index (χ1) is 17.4. The van der Waals surface area contributed by atoms with Crippen LogP contribution >= 0.6 is 0 Å². The number of fused-ring (bicyclic) bond motifs is 1. The SMILES string of the molecule is Cc1nc(-n2cnnn2)nc(C)c1CC(=O)N1CCN2C[C@@H](c3ccc(F)c(C#N)c3C)OC[C@H]2C1. The van der Waals surface area contributed by atoms with Crippen molar-refractivity contribution in [2.75, 3.05) is 32.8 Å². The van der Waals surface area contributed by atoms with Gasteiger partial charge in [0.1, 0.15) is 18.2 Å². The van der Waals surface area contributed by atoms with Crippen LogP contribution in [0.3, 0.4) is 0 Å². The number of hydrogen-bond acceptors (Lipinski definition) is 9. The molecule has 4 heterocycles. The van der Waals surface area contributed by atoms with E-state index < -0.39 is 5.82 Å². The molecule has 3 aromatic rings. The average molecular weight is 492 g/mol. The number of benzene rings is 1. The maximum atomic E-state index is 13.9. The summed E-state index contributed by atoms with van der Waals surface area (Å²) < 4.78 is 21.5. The van der Waals surface area contributed by atoms with Gasteiger partial charge in [0.2, 0.25) is 5.91 Å². The van der Waals surface area contributed by atoms with Gasteiger partial charge in [-0.05, 0) is 48.4 Å². The molecule has 2 aromatic heterocycles. The molecule has 2 aliphatic rings. The van der Waals surface area contributed by atoms with Gasteiger partial charge in [0.25, 0.3) is 5.95 Å². The summed E-state index contributed by atoms with van der Waals surface area (Å²) in [5, 5.41) is 20.3. The van der Waals surface area contributed by atoms with Crippen molar-refractivity contribution in [3.8, 4) is 12.0 Å². The number of carbonyl (C=O) groups is 1. The molecule has 0 spiro atoms. The van der Waals surface area contributed by atoms with E-state index in [1.807, 2.05) is 24.8 Å². The molecule has 0 bridgehead atoms. The zero-order chi connectivity index (χ0) is 25.4. The molecular weight excluding hydrogens is 465 g/mol. The van der Waals surface area contributed by atoms with E-state index in [0.717, 1.165) is 22.5 Å². The van der Waals surface area contributed by atoms with Gasteiger partial charge in [-0.15, -0.1) is 5.10 Å². The highest BCUT2D eigenvalue weighted by Crippen LogP contribution is 2.31. The summed E-state index contributed by atoms with van der Waals surface area (Å²) in [5.74, 6) is -0.123. The van der Waals surface area contributed by atoms with E-state index in [1.54, 1.807) is 13.0 Å². The maximum absolute atomic E-state index is 13.9. The molecule has 2 fully saturated rings. The quantitative estimate of drug-likeness (QED) is 0.529. The summed E-state index contributed by atoms with van der Waals surface area (Å²) in [4.78, 5) is 26.3. The molecule has 36 heavy (non-hydrogen) atoms. The van der Waals surface area contributed by atoms with Crippen LogP contribution in [0.1, 0.15) is 39.7 Å². The zero-order valence-corrected chi connectivity index (χ0v) is 20.3. The van der Waals surface area contributed by atoms with Gasteiger partial charge in [-0.2, -0.15) is 9.94 Å². The Labute approximate surface area is 207 Å². The Balaban J connectivity index is 1.24. The second-order valence-corrected chi connectivity index (χ2v) is 9.16. The first-order valence-electron chi connectivity index (χ1n) is 11.8. The third kappa shape index (κ3) is 4.43. The van der Waals surface area contributed by atoms with Gasteiger partial charge in [0.15, 0.2) is 0 Å². The monoisotopic (exact) mass is 491 g/mol. The number of aryl methyl sites for hydroxylation is 2. The fourth-order valence-electron chi connectivity index (χ4n) is 4.98. The molecule has 0 saturated carbocycles. The van der Waals surface area contributed by atoms with Crippen LogP contribution in [-0.4, -0.2) is 84.7 Å². The number of hydrogen-bond donors (Lipinski definition) is 0. The van der Waals surface area contributed by atoms with Crippen molar-refractivity contribution in [1.82, 2.24) is 40.0 Å². The second-order valence-electron chi connectivity index (χ2n) is 9.16. The molecule has 1 aromatic carbocycles. The Morgan fingerprint density at radius 3 is 2.67 bits per heavy atom. The summed E-state index contributed by atoms with van der Waals surface area (Å²) in [6, 6.07) is 5.06. The largest absolute Gasteiger partial charge is 0.370 e. The smallest absolute Gasteiger partial charge is 0.253 e. The fraction of sp³-hybridized carbons (Fsp3) is 0.458. The van der Waals surface area contributed by atoms with Gasteiger partial charge >= 0.3 is 0 Å². The van der Waals surface area contributed by atoms with Crippen molar-refractivity contribution in [2.24, 2.45) is 0 Å². The molecule has 2 saturated heterocycles. The highest BCUT2D eigenvalue weighted by molar-refractivity contribution is 5.79. The number of nitriles is 1. The van der Waals surface area contributed by atoms with Crippen molar-refractivity contribution in [2.45, 2.75) is 39.3 Å². The number of halogens is 1. The van der Waals surface area contributed by atoms with Gasteiger partial charge in [-0.3, -0.25) is 9.69 Å². The lowest BCUT2D eigenvalue weighted by Gasteiger charge is -2.46. The van der Waals surface area contributed by atoms with Gasteiger partial charge < -0.3 is 9.64 Å². The number of nitrogens with zero attached hydrogens (tertiary/aromatic N) is 9. The molecule has 12 heteroatoms. The van der Waals surface area contributed by atoms with Crippen LogP contribution in [0.5, 0.6) is 0 Å². The zero-order valence-electron chi connectivity index (χ0n) is 20.3. The number of ether oxygens (including phenoxy) is 1. The first-order valence-corrected chi connectivity index (χ1v) is 11.8. The fourth-order valence-corrected chi connectivity index (χ4v) is 4.98. The second kappa shape index (κ2) is 9.67. The molecule has 11 nitrogen and oxygen atoms in total. The predicted octanol–water partition coefficient (Wildman–Crippen LogP) is 1.22. The molecule has 2 aliphatic heterocycles. The van der Waals surface area contributed by atoms with Crippen LogP contribution < -0.4 is 0 Å². The topological polar surface area (TPSA) is 126 Å². The summed E-state index contributed by atoms with van der Waals surface area (Å²) in [6.45, 7) is 8.44. The standard InChI is InChI=1S/C24H26FN9O2/c1-14-18(4-5-21(25)20(14)9-26)22-11-32-6-7-33(10-17(32)12-36-22)23(35)8-19-15(2)28-24(29-16(19)3)34-13-27-30-31-34/h4-5,13,17,22H,6-8,10-12H2,1-3H3/t17-,22+/m1/s1. The molecule has 0 aliphatic carbocycles. The van der Waals surface area contributed by atoms with Crippen LogP contribution in [0, 0.1) is 37.9 Å². The van der Waals surface area contributed by atoms with E-state index in [4.69, 9.17) is 4.74 Å². The van der Waals surface area contributed by atoms with Gasteiger partial charge in [0.05, 0.1) is 30.7 Å². The van der Waals surface area contributed by atoms with Crippen LogP contribution in [0.4, 0.5) is 4.39 Å². The summed E-state index contributed by atoms with van der Waals surface area (Å²) in [7, 11) is 0. The molecule has 2 atom stereocenters. The predicted molar refractivity (Wildman–Crippen MR) is 124 cm³/mol. The van der Waals surface area contributed by atoms with Crippen molar-refractivity contribution < 1.29 is 13.9 Å². The minimum atomic E-state index is -0.513. The summed E-state index contributed by atoms with van der Waals surface area (Å²) in [5.41, 5.74) is 3.76. The lowest BCUT2D eigenvalue weighted by molar-refractivity contribution is -0.139. The van der Waals surface area contributed by atoms with Crippen molar-refractivity contribution in [3.05, 3.63) is 57.9 Å². The lowest BCUT2D eigenvalue weighted by atomic mass is 9.96. The van der Waals surface area contributed by atoms with E-state index in [1.165, 1.54) is 17.1 Å². The number of tetrazole rings is 1. The summed E-state index contributed by atoms with van der Waals surface area (Å²) in [6.07, 6.45) is 1.40. The molecule has 186 valence electrons. The highest BCUT2D eigenvalue weighted by atomic mass is 19.1. The first kappa shape index (κ1) is 23.9. The molecule has 1 amide bonds. The molecular formula is C24H26FN9O2. The Hall–Kier alpha value is -3.82. The van der Waals surface area contributed by atoms with Crippen molar-refractivity contribution >= 4 is 5.91 Å². The van der Waals surface area contributed by atoms with Crippen LogP contribution in [0.25, 0.3) is 5.95 Å². The lowest BCUT2D eigenvalue weighted by Crippen LogP contribution is -2.59. The van der Waals surface area contributed by atoms with Gasteiger partial charge in [-0.1, -0.05) is 6.07 Å². The third-order valence-electron chi connectivity index (χ3n) is 7.05. The third-order valence-corrected chi connectivity index (χ3v) is 7.05. The minimum Gasteiger partial charge on any atom is -0.370 e. The number of amides is 1. The van der Waals surface area contributed by atoms with Gasteiger partial charge in [0, 0.05) is 43.1 Å². The van der Waals surface area contributed by atoms with E-state index in [0.29, 0.717) is 44.3 Å². The van der Waals surface area contributed by atoms with Crippen LogP contribution in [0.2, 0.25) is 0 Å². The van der Waals surface area contributed by atoms with E-state index >= 15 is 0 Å². The Bertz CT molecular complexity index is 1320. The molecule has 0 unspecified atom stereocenters. The summed E-state index contributed by atoms with van der Waals surface area (Å²) >= 11 is 0. The number of rotatable bonds is 4. The van der Waals surface area contributed by atoms with Crippen molar-refractivity contribution in [1.29, 1.82) is 5.26 Å². The number of aromatic nitrogens is 6. The molecule has 0 N–H and O–H groups in total. The van der Waals surface area contributed by atoms with Gasteiger partial charge in [-0.25, -0.2) is 14.4 Å². The Morgan fingerprint density at radius 1 is 1.19 bits per heavy atom. The number of piperazine rings is 1. The van der Waals surface area contributed by atoms with Crippen LogP contribution in [0.15, 0.2) is 18.5 Å². The molecule has 5 rings (SSSR count). The minimum absolute atomic E-state index is 0.0230. The highest BCUT2D eigenvalue weighted by Gasteiger charge is 2.36. The van der Waals surface area contributed by atoms with E-state index in [2.05, 4.69) is 30.4 Å². The Kier molecular flexibility index (Phi) is 6.42. The van der Waals surface area contributed by atoms with Crippen LogP contribution in [-0.2, 0) is 16.0 Å². The molecule has 0 radical (unpaired) electrons. The van der Waals surface area contributed by atoms with Crippen molar-refractivity contribution in [3.63, 3.8) is 0 Å². The maximum Gasteiger partial charge on any atom is 0.253 e.